The molecule has 7 aromatic rings. The van der Waals surface area contributed by atoms with Crippen LogP contribution in [0.1, 0.15) is 77.0 Å². The zero-order valence-electron chi connectivity index (χ0n) is 30.5. The molecule has 0 N–H and O–H groups in total. The lowest BCUT2D eigenvalue weighted by Crippen LogP contribution is -2.32. The molecule has 4 heterocycles. The summed E-state index contributed by atoms with van der Waals surface area (Å²) in [6.45, 7) is 3.76. The Morgan fingerprint density at radius 1 is 0.365 bits per heavy atom. The van der Waals surface area contributed by atoms with Crippen molar-refractivity contribution < 1.29 is 9.13 Å². The first kappa shape index (κ1) is 35.3. The number of rotatable bonds is 18. The predicted molar refractivity (Wildman–Crippen MR) is 214 cm³/mol. The summed E-state index contributed by atoms with van der Waals surface area (Å²) in [5.41, 5.74) is 3.71. The molecule has 7 rings (SSSR count). The van der Waals surface area contributed by atoms with Gasteiger partial charge in [0.15, 0.2) is 35.6 Å². The predicted octanol–water partition coefficient (Wildman–Crippen LogP) is 9.28. The number of fused-ring (bicyclic) bond motifs is 4. The van der Waals surface area contributed by atoms with E-state index in [9.17, 15) is 9.59 Å². The molecular weight excluding hydrogens is 641 g/mol. The molecule has 0 atom stereocenters. The second kappa shape index (κ2) is 17.4. The van der Waals surface area contributed by atoms with Crippen LogP contribution in [0.4, 0.5) is 0 Å². The molecule has 0 spiro atoms. The van der Waals surface area contributed by atoms with Crippen LogP contribution < -0.4 is 20.0 Å². The van der Waals surface area contributed by atoms with Crippen LogP contribution in [0.2, 0.25) is 0 Å². The Bertz CT molecular complexity index is 2190. The van der Waals surface area contributed by atoms with Gasteiger partial charge in [0, 0.05) is 71.7 Å². The highest BCUT2D eigenvalue weighted by Crippen LogP contribution is 2.27. The lowest BCUT2D eigenvalue weighted by Gasteiger charge is -2.19. The summed E-state index contributed by atoms with van der Waals surface area (Å²) in [5, 5.41) is 2.88. The number of pyridine rings is 4. The van der Waals surface area contributed by atoms with E-state index in [4.69, 9.17) is 0 Å². The summed E-state index contributed by atoms with van der Waals surface area (Å²) in [6, 6.07) is 32.5. The van der Waals surface area contributed by atoms with E-state index in [1.54, 1.807) is 0 Å². The molecule has 3 aromatic carbocycles. The van der Waals surface area contributed by atoms with E-state index in [1.807, 2.05) is 48.5 Å². The summed E-state index contributed by atoms with van der Waals surface area (Å²) in [7, 11) is 0. The molecule has 0 saturated carbocycles. The molecule has 6 nitrogen and oxygen atoms in total. The Balaban J connectivity index is 1.08. The fourth-order valence-corrected chi connectivity index (χ4v) is 7.93. The van der Waals surface area contributed by atoms with Crippen molar-refractivity contribution in [2.24, 2.45) is 0 Å². The number of unbranched alkanes of at least 4 members (excludes halogenated alkanes) is 10. The first-order valence-electron chi connectivity index (χ1n) is 19.6. The molecule has 0 aliphatic rings. The summed E-state index contributed by atoms with van der Waals surface area (Å²) in [4.78, 5) is 28.2. The van der Waals surface area contributed by atoms with Crippen molar-refractivity contribution in [2.75, 3.05) is 0 Å². The van der Waals surface area contributed by atoms with Crippen LogP contribution in [0.25, 0.3) is 43.6 Å². The second-order valence-corrected chi connectivity index (χ2v) is 14.4. The van der Waals surface area contributed by atoms with Crippen molar-refractivity contribution in [1.29, 1.82) is 0 Å². The van der Waals surface area contributed by atoms with Gasteiger partial charge >= 0.3 is 0 Å². The van der Waals surface area contributed by atoms with E-state index >= 15 is 0 Å². The van der Waals surface area contributed by atoms with Crippen molar-refractivity contribution in [2.45, 2.75) is 103 Å². The molecule has 0 unspecified atom stereocenters. The molecule has 6 heteroatoms. The third-order valence-corrected chi connectivity index (χ3v) is 10.7. The third-order valence-electron chi connectivity index (χ3n) is 10.7. The molecular formula is C46H52N4O2+2. The molecule has 0 aliphatic heterocycles. The van der Waals surface area contributed by atoms with E-state index in [0.717, 1.165) is 84.7 Å². The highest BCUT2D eigenvalue weighted by Gasteiger charge is 2.17. The van der Waals surface area contributed by atoms with E-state index in [2.05, 4.69) is 91.6 Å². The van der Waals surface area contributed by atoms with E-state index in [-0.39, 0.29) is 10.9 Å². The third kappa shape index (κ3) is 8.17. The molecule has 0 bridgehead atoms. The molecule has 52 heavy (non-hydrogen) atoms. The summed E-state index contributed by atoms with van der Waals surface area (Å²) in [5.74, 6) is 0. The Morgan fingerprint density at radius 2 is 0.731 bits per heavy atom. The van der Waals surface area contributed by atoms with Crippen molar-refractivity contribution in [1.82, 2.24) is 9.13 Å². The van der Waals surface area contributed by atoms with Gasteiger partial charge in [-0.3, -0.25) is 9.59 Å². The molecule has 4 aromatic heterocycles. The number of hydrogen-bond acceptors (Lipinski definition) is 2. The Morgan fingerprint density at radius 3 is 1.15 bits per heavy atom. The molecule has 0 fully saturated rings. The Hall–Kier alpha value is -5.10. The van der Waals surface area contributed by atoms with Crippen molar-refractivity contribution >= 4 is 43.6 Å². The highest BCUT2D eigenvalue weighted by molar-refractivity contribution is 6.03. The van der Waals surface area contributed by atoms with Crippen LogP contribution >= 0.6 is 0 Å². The number of aryl methyl sites for hydroxylation is 4. The first-order valence-corrected chi connectivity index (χ1v) is 19.6. The van der Waals surface area contributed by atoms with Gasteiger partial charge in [-0.05, 0) is 62.1 Å². The van der Waals surface area contributed by atoms with E-state index in [1.165, 1.54) is 51.4 Å². The normalized spacial score (nSPS) is 11.7. The van der Waals surface area contributed by atoms with Crippen LogP contribution in [0.5, 0.6) is 0 Å². The number of benzene rings is 3. The van der Waals surface area contributed by atoms with Gasteiger partial charge in [0.05, 0.1) is 22.1 Å². The first-order chi connectivity index (χ1) is 25.7. The Labute approximate surface area is 306 Å². The van der Waals surface area contributed by atoms with E-state index < -0.39 is 0 Å². The minimum absolute atomic E-state index is 0.0425. The fourth-order valence-electron chi connectivity index (χ4n) is 7.93. The number of aromatic nitrogens is 4. The van der Waals surface area contributed by atoms with Crippen molar-refractivity contribution in [3.63, 3.8) is 0 Å². The van der Waals surface area contributed by atoms with Crippen LogP contribution in [-0.2, 0) is 26.2 Å². The maximum Gasteiger partial charge on any atom is 0.197 e. The van der Waals surface area contributed by atoms with Crippen LogP contribution in [0.15, 0.2) is 131 Å². The van der Waals surface area contributed by atoms with E-state index in [0.29, 0.717) is 10.8 Å². The molecule has 0 saturated heterocycles. The average molecular weight is 693 g/mol. The molecule has 0 aliphatic carbocycles. The monoisotopic (exact) mass is 692 g/mol. The molecule has 0 amide bonds. The minimum atomic E-state index is 0.0425. The summed E-state index contributed by atoms with van der Waals surface area (Å²) in [6.07, 6.45) is 22.6. The topological polar surface area (TPSA) is 51.8 Å². The zero-order chi connectivity index (χ0) is 35.5. The molecule has 266 valence electrons. The smallest absolute Gasteiger partial charge is 0.197 e. The lowest BCUT2D eigenvalue weighted by molar-refractivity contribution is -0.697. The number of hydrogen-bond donors (Lipinski definition) is 0. The van der Waals surface area contributed by atoms with Gasteiger partial charge < -0.3 is 9.13 Å². The Kier molecular flexibility index (Phi) is 11.8. The summed E-state index contributed by atoms with van der Waals surface area (Å²) < 4.78 is 9.10. The maximum atomic E-state index is 14.1. The zero-order valence-corrected chi connectivity index (χ0v) is 30.5. The number of para-hydroxylation sites is 2. The van der Waals surface area contributed by atoms with Gasteiger partial charge in [-0.25, -0.2) is 9.13 Å². The SMILES string of the molecule is O=c1c2ccccc2n(CCCCCCCC[n+]2ccccc2)c2cc3c(=O)c4ccccc4n(CCCCCCCC[n+]4ccccc4)c3cc12. The molecule has 0 radical (unpaired) electrons. The van der Waals surface area contributed by atoms with Crippen LogP contribution in [-0.4, -0.2) is 9.13 Å². The van der Waals surface area contributed by atoms with Crippen molar-refractivity contribution in [3.05, 3.63) is 142 Å². The van der Waals surface area contributed by atoms with Gasteiger partial charge in [-0.1, -0.05) is 74.9 Å². The number of nitrogens with zero attached hydrogens (tertiary/aromatic N) is 4. The standard InChI is InChI=1S/C46H52N4O2/c51-45-37-23-11-13-25-41(37)49(33-21-7-3-1-5-15-27-47-29-17-9-18-30-47)43-35-40-44(36-39(43)45)50(42-26-14-12-24-38(42)46(40)52)34-22-8-4-2-6-16-28-48-31-19-10-20-32-48/h9-14,17-20,23-26,29-32,35-36H,1-8,15-16,21-22,27-28,33-34H2/q+2. The second-order valence-electron chi connectivity index (χ2n) is 14.4. The quantitative estimate of drug-likeness (QED) is 0.0512. The highest BCUT2D eigenvalue weighted by atomic mass is 16.1. The van der Waals surface area contributed by atoms with Gasteiger partial charge in [0.2, 0.25) is 0 Å². The van der Waals surface area contributed by atoms with Gasteiger partial charge in [-0.2, -0.15) is 0 Å². The lowest BCUT2D eigenvalue weighted by atomic mass is 10.0. The van der Waals surface area contributed by atoms with Gasteiger partial charge in [0.25, 0.3) is 0 Å². The minimum Gasteiger partial charge on any atom is -0.340 e. The van der Waals surface area contributed by atoms with Crippen LogP contribution in [0, 0.1) is 0 Å². The summed E-state index contributed by atoms with van der Waals surface area (Å²) >= 11 is 0. The largest absolute Gasteiger partial charge is 0.340 e. The maximum absolute atomic E-state index is 14.1. The van der Waals surface area contributed by atoms with Crippen LogP contribution in [0.3, 0.4) is 0 Å². The average Bonchev–Trinajstić information content (AvgIpc) is 3.19. The van der Waals surface area contributed by atoms with Gasteiger partial charge in [-0.15, -0.1) is 0 Å². The van der Waals surface area contributed by atoms with Crippen molar-refractivity contribution in [3.8, 4) is 0 Å². The fraction of sp³-hybridized carbons (Fsp3) is 0.348. The van der Waals surface area contributed by atoms with Gasteiger partial charge in [0.1, 0.15) is 13.1 Å².